The summed E-state index contributed by atoms with van der Waals surface area (Å²) in [7, 11) is 0. The lowest BCUT2D eigenvalue weighted by molar-refractivity contribution is 0.192. The third-order valence-corrected chi connectivity index (χ3v) is 4.52. The first-order chi connectivity index (χ1) is 10.7. The summed E-state index contributed by atoms with van der Waals surface area (Å²) in [6, 6.07) is 8.71. The molecule has 0 saturated carbocycles. The number of hydrogen-bond acceptors (Lipinski definition) is 4. The number of aryl methyl sites for hydroxylation is 1. The van der Waals surface area contributed by atoms with Crippen LogP contribution >= 0.6 is 15.9 Å². The zero-order chi connectivity index (χ0) is 15.9. The van der Waals surface area contributed by atoms with Gasteiger partial charge in [-0.05, 0) is 48.4 Å². The monoisotopic (exact) mass is 365 g/mol. The van der Waals surface area contributed by atoms with Crippen LogP contribution in [-0.4, -0.2) is 31.7 Å². The summed E-state index contributed by atoms with van der Waals surface area (Å²) >= 11 is 3.66. The molecule has 0 N–H and O–H groups in total. The average Bonchev–Trinajstić information content (AvgIpc) is 2.94. The summed E-state index contributed by atoms with van der Waals surface area (Å²) < 4.78 is 3.06. The molecule has 0 amide bonds. The molecular formula is C16H24BrN5. The van der Waals surface area contributed by atoms with Gasteiger partial charge >= 0.3 is 0 Å². The molecule has 5 nitrogen and oxygen atoms in total. The summed E-state index contributed by atoms with van der Waals surface area (Å²) in [5.41, 5.74) is 1.30. The Morgan fingerprint density at radius 2 is 2.00 bits per heavy atom. The molecule has 0 spiro atoms. The molecule has 22 heavy (non-hydrogen) atoms. The topological polar surface area (TPSA) is 46.8 Å². The van der Waals surface area contributed by atoms with Crippen molar-refractivity contribution in [3.63, 3.8) is 0 Å². The van der Waals surface area contributed by atoms with E-state index in [0.29, 0.717) is 6.04 Å². The molecule has 1 aromatic heterocycles. The predicted octanol–water partition coefficient (Wildman–Crippen LogP) is 3.82. The molecule has 0 bridgehead atoms. The molecule has 2 rings (SSSR count). The van der Waals surface area contributed by atoms with Crippen molar-refractivity contribution in [3.05, 3.63) is 40.1 Å². The maximum atomic E-state index is 4.20. The van der Waals surface area contributed by atoms with Crippen LogP contribution in [0.5, 0.6) is 0 Å². The summed E-state index contributed by atoms with van der Waals surface area (Å²) in [5.74, 6) is 0.939. The van der Waals surface area contributed by atoms with E-state index < -0.39 is 0 Å². The van der Waals surface area contributed by atoms with Gasteiger partial charge in [0, 0.05) is 17.1 Å². The van der Waals surface area contributed by atoms with Gasteiger partial charge in [0.25, 0.3) is 0 Å². The Bertz CT molecular complexity index is 583. The number of halogens is 1. The Morgan fingerprint density at radius 3 is 2.68 bits per heavy atom. The number of aromatic nitrogens is 4. The molecule has 0 radical (unpaired) electrons. The minimum Gasteiger partial charge on any atom is -0.289 e. The van der Waals surface area contributed by atoms with Crippen LogP contribution in [0.1, 0.15) is 51.0 Å². The van der Waals surface area contributed by atoms with Crippen molar-refractivity contribution in [1.29, 1.82) is 0 Å². The van der Waals surface area contributed by atoms with E-state index in [4.69, 9.17) is 0 Å². The lowest BCUT2D eigenvalue weighted by Crippen LogP contribution is -2.29. The fourth-order valence-corrected chi connectivity index (χ4v) is 3.23. The lowest BCUT2D eigenvalue weighted by Gasteiger charge is -2.29. The van der Waals surface area contributed by atoms with E-state index in [1.54, 1.807) is 0 Å². The van der Waals surface area contributed by atoms with Crippen LogP contribution < -0.4 is 0 Å². The third kappa shape index (κ3) is 4.14. The van der Waals surface area contributed by atoms with Crippen molar-refractivity contribution in [1.82, 2.24) is 25.1 Å². The Kier molecular flexibility index (Phi) is 6.51. The zero-order valence-corrected chi connectivity index (χ0v) is 15.1. The first-order valence-corrected chi connectivity index (χ1v) is 8.70. The van der Waals surface area contributed by atoms with Crippen LogP contribution in [0.2, 0.25) is 0 Å². The van der Waals surface area contributed by atoms with Crippen molar-refractivity contribution in [2.45, 2.75) is 52.7 Å². The summed E-state index contributed by atoms with van der Waals surface area (Å²) in [5, 5.41) is 12.1. The van der Waals surface area contributed by atoms with E-state index >= 15 is 0 Å². The molecule has 6 heteroatoms. The second-order valence-corrected chi connectivity index (χ2v) is 6.34. The summed E-state index contributed by atoms with van der Waals surface area (Å²) in [4.78, 5) is 2.43. The van der Waals surface area contributed by atoms with Gasteiger partial charge in [-0.1, -0.05) is 48.0 Å². The van der Waals surface area contributed by atoms with Gasteiger partial charge in [-0.25, -0.2) is 4.68 Å². The molecular weight excluding hydrogens is 342 g/mol. The van der Waals surface area contributed by atoms with Crippen molar-refractivity contribution in [2.75, 3.05) is 6.54 Å². The maximum Gasteiger partial charge on any atom is 0.165 e. The second kappa shape index (κ2) is 8.39. The van der Waals surface area contributed by atoms with Gasteiger partial charge in [-0.2, -0.15) is 0 Å². The van der Waals surface area contributed by atoms with Gasteiger partial charge in [0.15, 0.2) is 5.82 Å². The highest BCUT2D eigenvalue weighted by Crippen LogP contribution is 2.28. The SMILES string of the molecule is CCCN(Cc1nnnn1CCC)C(C)c1ccccc1Br. The second-order valence-electron chi connectivity index (χ2n) is 5.49. The summed E-state index contributed by atoms with van der Waals surface area (Å²) in [6.45, 7) is 9.23. The number of hydrogen-bond donors (Lipinski definition) is 0. The Labute approximate surface area is 140 Å². The number of tetrazole rings is 1. The highest BCUT2D eigenvalue weighted by Gasteiger charge is 2.20. The van der Waals surface area contributed by atoms with Gasteiger partial charge in [0.2, 0.25) is 0 Å². The van der Waals surface area contributed by atoms with Crippen LogP contribution in [0.4, 0.5) is 0 Å². The molecule has 2 aromatic rings. The van der Waals surface area contributed by atoms with Crippen molar-refractivity contribution >= 4 is 15.9 Å². The molecule has 0 saturated heterocycles. The highest BCUT2D eigenvalue weighted by atomic mass is 79.9. The molecule has 1 heterocycles. The van der Waals surface area contributed by atoms with Gasteiger partial charge in [-0.15, -0.1) is 5.10 Å². The first kappa shape index (κ1) is 17.1. The molecule has 1 aromatic carbocycles. The van der Waals surface area contributed by atoms with E-state index in [1.165, 1.54) is 5.56 Å². The standard InChI is InChI=1S/C16H24BrN5/c1-4-10-21(12-16-18-19-20-22(16)11-5-2)13(3)14-8-6-7-9-15(14)17/h6-9,13H,4-5,10-12H2,1-3H3. The van der Waals surface area contributed by atoms with Crippen LogP contribution in [0.3, 0.4) is 0 Å². The lowest BCUT2D eigenvalue weighted by atomic mass is 10.1. The van der Waals surface area contributed by atoms with E-state index in [-0.39, 0.29) is 0 Å². The minimum absolute atomic E-state index is 0.308. The molecule has 120 valence electrons. The maximum absolute atomic E-state index is 4.20. The van der Waals surface area contributed by atoms with Gasteiger partial charge in [0.05, 0.1) is 6.54 Å². The van der Waals surface area contributed by atoms with Crippen molar-refractivity contribution in [2.24, 2.45) is 0 Å². The molecule has 0 fully saturated rings. The molecule has 0 aliphatic rings. The Balaban J connectivity index is 2.19. The zero-order valence-electron chi connectivity index (χ0n) is 13.5. The van der Waals surface area contributed by atoms with Crippen LogP contribution in [0, 0.1) is 0 Å². The van der Waals surface area contributed by atoms with Crippen LogP contribution in [0.25, 0.3) is 0 Å². The van der Waals surface area contributed by atoms with E-state index in [9.17, 15) is 0 Å². The molecule has 1 unspecified atom stereocenters. The fraction of sp³-hybridized carbons (Fsp3) is 0.562. The fourth-order valence-electron chi connectivity index (χ4n) is 2.61. The minimum atomic E-state index is 0.308. The quantitative estimate of drug-likeness (QED) is 0.713. The van der Waals surface area contributed by atoms with Crippen LogP contribution in [-0.2, 0) is 13.1 Å². The van der Waals surface area contributed by atoms with E-state index in [1.807, 2.05) is 10.7 Å². The van der Waals surface area contributed by atoms with E-state index in [2.05, 4.69) is 75.3 Å². The van der Waals surface area contributed by atoms with E-state index in [0.717, 1.165) is 42.8 Å². The van der Waals surface area contributed by atoms with Gasteiger partial charge in [-0.3, -0.25) is 4.90 Å². The van der Waals surface area contributed by atoms with Crippen LogP contribution in [0.15, 0.2) is 28.7 Å². The predicted molar refractivity (Wildman–Crippen MR) is 91.4 cm³/mol. The highest BCUT2D eigenvalue weighted by molar-refractivity contribution is 9.10. The Morgan fingerprint density at radius 1 is 1.23 bits per heavy atom. The Hall–Kier alpha value is -1.27. The molecule has 0 aliphatic carbocycles. The third-order valence-electron chi connectivity index (χ3n) is 3.80. The largest absolute Gasteiger partial charge is 0.289 e. The molecule has 0 aliphatic heterocycles. The van der Waals surface area contributed by atoms with Crippen molar-refractivity contribution < 1.29 is 0 Å². The van der Waals surface area contributed by atoms with Gasteiger partial charge in [0.1, 0.15) is 0 Å². The normalized spacial score (nSPS) is 12.8. The van der Waals surface area contributed by atoms with Gasteiger partial charge < -0.3 is 0 Å². The summed E-state index contributed by atoms with van der Waals surface area (Å²) in [6.07, 6.45) is 2.13. The number of benzene rings is 1. The molecule has 1 atom stereocenters. The number of rotatable bonds is 8. The average molecular weight is 366 g/mol. The van der Waals surface area contributed by atoms with Crippen molar-refractivity contribution in [3.8, 4) is 0 Å². The number of nitrogens with zero attached hydrogens (tertiary/aromatic N) is 5. The first-order valence-electron chi connectivity index (χ1n) is 7.90. The smallest absolute Gasteiger partial charge is 0.165 e.